The van der Waals surface area contributed by atoms with Gasteiger partial charge in [0.2, 0.25) is 0 Å². The largest absolute Gasteiger partial charge is 0.395 e. The van der Waals surface area contributed by atoms with Gasteiger partial charge in [0.25, 0.3) is 0 Å². The Bertz CT molecular complexity index is 281. The molecule has 0 aliphatic heterocycles. The number of nitrogens with one attached hydrogen (secondary N) is 1. The molecular weight excluding hydrogens is 186 g/mol. The van der Waals surface area contributed by atoms with Gasteiger partial charge in [0.05, 0.1) is 6.61 Å². The Kier molecular flexibility index (Phi) is 4.79. The van der Waals surface area contributed by atoms with E-state index in [0.717, 1.165) is 6.42 Å². The first kappa shape index (κ1) is 12.2. The number of hydrogen-bond acceptors (Lipinski definition) is 2. The summed E-state index contributed by atoms with van der Waals surface area (Å²) in [4.78, 5) is 0. The second kappa shape index (κ2) is 5.89. The Morgan fingerprint density at radius 1 is 1.20 bits per heavy atom. The number of rotatable bonds is 5. The zero-order valence-corrected chi connectivity index (χ0v) is 9.83. The van der Waals surface area contributed by atoms with Crippen LogP contribution in [-0.4, -0.2) is 17.8 Å². The fraction of sp³-hybridized carbons (Fsp3) is 0.538. The van der Waals surface area contributed by atoms with Gasteiger partial charge in [0, 0.05) is 12.1 Å². The quantitative estimate of drug-likeness (QED) is 0.776. The van der Waals surface area contributed by atoms with Gasteiger partial charge in [-0.25, -0.2) is 0 Å². The molecule has 0 bridgehead atoms. The van der Waals surface area contributed by atoms with Crippen molar-refractivity contribution >= 4 is 0 Å². The molecule has 2 heteroatoms. The highest BCUT2D eigenvalue weighted by atomic mass is 16.3. The zero-order valence-electron chi connectivity index (χ0n) is 9.83. The van der Waals surface area contributed by atoms with Crippen molar-refractivity contribution < 1.29 is 5.11 Å². The second-order valence-corrected chi connectivity index (χ2v) is 4.07. The van der Waals surface area contributed by atoms with Crippen LogP contribution in [0, 0.1) is 0 Å². The topological polar surface area (TPSA) is 32.3 Å². The summed E-state index contributed by atoms with van der Waals surface area (Å²) in [5.41, 5.74) is 2.63. The molecule has 1 aromatic rings. The molecule has 0 saturated carbocycles. The molecule has 2 nitrogen and oxygen atoms in total. The van der Waals surface area contributed by atoms with E-state index in [1.165, 1.54) is 11.1 Å². The van der Waals surface area contributed by atoms with Gasteiger partial charge in [-0.2, -0.15) is 0 Å². The van der Waals surface area contributed by atoms with E-state index in [1.54, 1.807) is 0 Å². The molecule has 2 N–H and O–H groups in total. The molecule has 0 amide bonds. The lowest BCUT2D eigenvalue weighted by atomic mass is 10.0. The highest BCUT2D eigenvalue weighted by molar-refractivity contribution is 5.24. The summed E-state index contributed by atoms with van der Waals surface area (Å²) in [5, 5.41) is 12.3. The number of hydrogen-bond donors (Lipinski definition) is 2. The first-order chi connectivity index (χ1) is 7.17. The average Bonchev–Trinajstić information content (AvgIpc) is 2.29. The van der Waals surface area contributed by atoms with Gasteiger partial charge in [0.15, 0.2) is 0 Å². The van der Waals surface area contributed by atoms with Crippen LogP contribution in [0.1, 0.15) is 37.9 Å². The Labute approximate surface area is 92.3 Å². The van der Waals surface area contributed by atoms with Gasteiger partial charge in [-0.05, 0) is 31.4 Å². The molecule has 0 aliphatic rings. The molecule has 2 atom stereocenters. The van der Waals surface area contributed by atoms with Crippen LogP contribution >= 0.6 is 0 Å². The Hall–Kier alpha value is -0.860. The molecule has 0 saturated heterocycles. The molecule has 0 radical (unpaired) electrons. The summed E-state index contributed by atoms with van der Waals surface area (Å²) in [6.45, 7) is 6.44. The third-order valence-corrected chi connectivity index (χ3v) is 2.70. The SMILES string of the molecule is CCc1ccc([C@H](C)N[C@@H](C)CO)cc1. The van der Waals surface area contributed by atoms with E-state index in [9.17, 15) is 0 Å². The van der Waals surface area contributed by atoms with Gasteiger partial charge >= 0.3 is 0 Å². The maximum absolute atomic E-state index is 8.95. The number of aryl methyl sites for hydroxylation is 1. The minimum atomic E-state index is 0.144. The molecular formula is C13H21NO. The maximum Gasteiger partial charge on any atom is 0.0582 e. The molecule has 0 fully saturated rings. The van der Waals surface area contributed by atoms with Crippen molar-refractivity contribution in [3.8, 4) is 0 Å². The standard InChI is InChI=1S/C13H21NO/c1-4-12-5-7-13(8-6-12)11(3)14-10(2)9-15/h5-8,10-11,14-15H,4,9H2,1-3H3/t10-,11-/m0/s1. The van der Waals surface area contributed by atoms with E-state index in [-0.39, 0.29) is 18.7 Å². The number of aliphatic hydroxyl groups excluding tert-OH is 1. The van der Waals surface area contributed by atoms with Crippen LogP contribution < -0.4 is 5.32 Å². The zero-order chi connectivity index (χ0) is 11.3. The van der Waals surface area contributed by atoms with Crippen LogP contribution in [0.4, 0.5) is 0 Å². The Morgan fingerprint density at radius 3 is 2.27 bits per heavy atom. The highest BCUT2D eigenvalue weighted by Gasteiger charge is 2.07. The van der Waals surface area contributed by atoms with Crippen LogP contribution in [0.2, 0.25) is 0 Å². The van der Waals surface area contributed by atoms with Gasteiger partial charge < -0.3 is 10.4 Å². The van der Waals surface area contributed by atoms with Crippen LogP contribution in [0.25, 0.3) is 0 Å². The normalized spacial score (nSPS) is 14.9. The fourth-order valence-electron chi connectivity index (χ4n) is 1.62. The Morgan fingerprint density at radius 2 is 1.80 bits per heavy atom. The molecule has 1 aromatic carbocycles. The lowest BCUT2D eigenvalue weighted by molar-refractivity contribution is 0.243. The van der Waals surface area contributed by atoms with Crippen LogP contribution in [0.3, 0.4) is 0 Å². The van der Waals surface area contributed by atoms with Crippen LogP contribution in [0.5, 0.6) is 0 Å². The van der Waals surface area contributed by atoms with Gasteiger partial charge in [-0.3, -0.25) is 0 Å². The highest BCUT2D eigenvalue weighted by Crippen LogP contribution is 2.14. The third-order valence-electron chi connectivity index (χ3n) is 2.70. The Balaban J connectivity index is 2.61. The minimum Gasteiger partial charge on any atom is -0.395 e. The van der Waals surface area contributed by atoms with Gasteiger partial charge in [0.1, 0.15) is 0 Å². The van der Waals surface area contributed by atoms with E-state index >= 15 is 0 Å². The van der Waals surface area contributed by atoms with Crippen molar-refractivity contribution in [2.45, 2.75) is 39.3 Å². The number of aliphatic hydroxyl groups is 1. The van der Waals surface area contributed by atoms with Gasteiger partial charge in [-0.1, -0.05) is 31.2 Å². The lowest BCUT2D eigenvalue weighted by Gasteiger charge is -2.18. The van der Waals surface area contributed by atoms with E-state index in [4.69, 9.17) is 5.11 Å². The van der Waals surface area contributed by atoms with Crippen molar-refractivity contribution in [3.05, 3.63) is 35.4 Å². The molecule has 0 aromatic heterocycles. The molecule has 1 rings (SSSR count). The summed E-state index contributed by atoms with van der Waals surface area (Å²) in [7, 11) is 0. The summed E-state index contributed by atoms with van der Waals surface area (Å²) < 4.78 is 0. The van der Waals surface area contributed by atoms with E-state index < -0.39 is 0 Å². The third kappa shape index (κ3) is 3.65. The lowest BCUT2D eigenvalue weighted by Crippen LogP contribution is -2.31. The first-order valence-electron chi connectivity index (χ1n) is 5.63. The van der Waals surface area contributed by atoms with Crippen LogP contribution in [0.15, 0.2) is 24.3 Å². The summed E-state index contributed by atoms with van der Waals surface area (Å²) in [5.74, 6) is 0. The molecule has 84 valence electrons. The maximum atomic E-state index is 8.95. The predicted molar refractivity (Wildman–Crippen MR) is 63.9 cm³/mol. The van der Waals surface area contributed by atoms with Crippen LogP contribution in [-0.2, 0) is 6.42 Å². The first-order valence-corrected chi connectivity index (χ1v) is 5.63. The smallest absolute Gasteiger partial charge is 0.0582 e. The molecule has 0 aliphatic carbocycles. The predicted octanol–water partition coefficient (Wildman–Crippen LogP) is 2.28. The number of benzene rings is 1. The fourth-order valence-corrected chi connectivity index (χ4v) is 1.62. The molecule has 0 heterocycles. The summed E-state index contributed by atoms with van der Waals surface area (Å²) >= 11 is 0. The van der Waals surface area contributed by atoms with E-state index in [2.05, 4.69) is 43.4 Å². The molecule has 0 unspecified atom stereocenters. The van der Waals surface area contributed by atoms with E-state index in [1.807, 2.05) is 6.92 Å². The summed E-state index contributed by atoms with van der Waals surface area (Å²) in [6.07, 6.45) is 1.08. The van der Waals surface area contributed by atoms with Crippen molar-refractivity contribution in [3.63, 3.8) is 0 Å². The molecule has 15 heavy (non-hydrogen) atoms. The van der Waals surface area contributed by atoms with Crippen molar-refractivity contribution in [2.24, 2.45) is 0 Å². The monoisotopic (exact) mass is 207 g/mol. The van der Waals surface area contributed by atoms with Crippen molar-refractivity contribution in [1.82, 2.24) is 5.32 Å². The minimum absolute atomic E-state index is 0.144. The summed E-state index contributed by atoms with van der Waals surface area (Å²) in [6, 6.07) is 9.07. The van der Waals surface area contributed by atoms with Crippen molar-refractivity contribution in [1.29, 1.82) is 0 Å². The average molecular weight is 207 g/mol. The molecule has 0 spiro atoms. The van der Waals surface area contributed by atoms with Crippen molar-refractivity contribution in [2.75, 3.05) is 6.61 Å². The second-order valence-electron chi connectivity index (χ2n) is 4.07. The van der Waals surface area contributed by atoms with E-state index in [0.29, 0.717) is 0 Å². The van der Waals surface area contributed by atoms with Gasteiger partial charge in [-0.15, -0.1) is 0 Å².